The van der Waals surface area contributed by atoms with E-state index in [2.05, 4.69) is 15.5 Å². The Balaban J connectivity index is 1.46. The van der Waals surface area contributed by atoms with E-state index in [0.717, 1.165) is 12.0 Å². The third kappa shape index (κ3) is 3.46. The van der Waals surface area contributed by atoms with Crippen LogP contribution in [0.5, 0.6) is 11.5 Å². The third-order valence-electron chi connectivity index (χ3n) is 4.61. The predicted molar refractivity (Wildman–Crippen MR) is 99.7 cm³/mol. The van der Waals surface area contributed by atoms with E-state index in [1.165, 1.54) is 11.3 Å². The molecule has 1 atom stereocenters. The topological polar surface area (TPSA) is 93.7 Å². The van der Waals surface area contributed by atoms with Gasteiger partial charge in [-0.1, -0.05) is 25.2 Å². The normalized spacial score (nSPS) is 18.2. The smallest absolute Gasteiger partial charge is 0.249 e. The monoisotopic (exact) mass is 388 g/mol. The molecular formula is C18H20N4O4S. The molecule has 4 rings (SSSR count). The summed E-state index contributed by atoms with van der Waals surface area (Å²) >= 11 is 1.28. The highest BCUT2D eigenvalue weighted by Crippen LogP contribution is 2.37. The molecule has 1 aromatic carbocycles. The lowest BCUT2D eigenvalue weighted by Crippen LogP contribution is -2.44. The van der Waals surface area contributed by atoms with Crippen LogP contribution in [0.4, 0.5) is 5.13 Å². The molecule has 27 heavy (non-hydrogen) atoms. The first-order valence-corrected chi connectivity index (χ1v) is 9.69. The van der Waals surface area contributed by atoms with E-state index in [-0.39, 0.29) is 24.5 Å². The standard InChI is InChI=1S/C18H20N4O4S/c1-10(2)17(24)22-7-3-4-12(22)15(23)19-18-21-20-16(27-18)11-5-6-13-14(8-11)26-9-25-13/h5-6,8,10,12H,3-4,7,9H2,1-2H3,(H,19,21,23). The van der Waals surface area contributed by atoms with Gasteiger partial charge in [0, 0.05) is 18.0 Å². The van der Waals surface area contributed by atoms with Crippen LogP contribution >= 0.6 is 11.3 Å². The summed E-state index contributed by atoms with van der Waals surface area (Å²) < 4.78 is 10.7. The van der Waals surface area contributed by atoms with E-state index < -0.39 is 6.04 Å². The second-order valence-electron chi connectivity index (χ2n) is 6.81. The molecule has 0 radical (unpaired) electrons. The minimum absolute atomic E-state index is 0.00552. The number of amides is 2. The predicted octanol–water partition coefficient (Wildman–Crippen LogP) is 2.52. The Labute approximate surface area is 160 Å². The van der Waals surface area contributed by atoms with Crippen molar-refractivity contribution in [3.05, 3.63) is 18.2 Å². The Bertz CT molecular complexity index is 882. The number of carbonyl (C=O) groups is 2. The number of likely N-dealkylation sites (tertiary alicyclic amines) is 1. The third-order valence-corrected chi connectivity index (χ3v) is 5.49. The zero-order chi connectivity index (χ0) is 19.0. The van der Waals surface area contributed by atoms with Crippen LogP contribution in [0.25, 0.3) is 10.6 Å². The number of nitrogens with one attached hydrogen (secondary N) is 1. The SMILES string of the molecule is CC(C)C(=O)N1CCCC1C(=O)Nc1nnc(-c2ccc3c(c2)OCO3)s1. The zero-order valence-corrected chi connectivity index (χ0v) is 15.9. The summed E-state index contributed by atoms with van der Waals surface area (Å²) in [5.41, 5.74) is 0.842. The molecule has 3 heterocycles. The fourth-order valence-corrected chi connectivity index (χ4v) is 3.99. The van der Waals surface area contributed by atoms with Gasteiger partial charge in [-0.3, -0.25) is 14.9 Å². The molecule has 1 unspecified atom stereocenters. The summed E-state index contributed by atoms with van der Waals surface area (Å²) in [6, 6.07) is 5.09. The Morgan fingerprint density at radius 3 is 2.89 bits per heavy atom. The summed E-state index contributed by atoms with van der Waals surface area (Å²) in [7, 11) is 0. The van der Waals surface area contributed by atoms with Crippen molar-refractivity contribution in [1.82, 2.24) is 15.1 Å². The maximum absolute atomic E-state index is 12.6. The van der Waals surface area contributed by atoms with Crippen LogP contribution in [0, 0.1) is 5.92 Å². The summed E-state index contributed by atoms with van der Waals surface area (Å²) in [5, 5.41) is 12.1. The average Bonchev–Trinajstić information content (AvgIpc) is 3.39. The first kappa shape index (κ1) is 17.7. The summed E-state index contributed by atoms with van der Waals surface area (Å²) in [4.78, 5) is 26.6. The largest absolute Gasteiger partial charge is 0.454 e. The lowest BCUT2D eigenvalue weighted by Gasteiger charge is -2.25. The molecule has 1 aromatic heterocycles. The Morgan fingerprint density at radius 2 is 2.07 bits per heavy atom. The molecule has 1 saturated heterocycles. The summed E-state index contributed by atoms with van der Waals surface area (Å²) in [5.74, 6) is 1.04. The highest BCUT2D eigenvalue weighted by atomic mass is 32.1. The molecule has 1 fully saturated rings. The molecule has 0 aliphatic carbocycles. The lowest BCUT2D eigenvalue weighted by atomic mass is 10.1. The number of ether oxygens (including phenoxy) is 2. The van der Waals surface area contributed by atoms with Crippen molar-refractivity contribution in [3.63, 3.8) is 0 Å². The van der Waals surface area contributed by atoms with Crippen LogP contribution in [-0.4, -0.2) is 46.3 Å². The van der Waals surface area contributed by atoms with E-state index in [9.17, 15) is 9.59 Å². The van der Waals surface area contributed by atoms with Crippen molar-refractivity contribution >= 4 is 28.3 Å². The number of aromatic nitrogens is 2. The zero-order valence-electron chi connectivity index (χ0n) is 15.1. The van der Waals surface area contributed by atoms with Crippen molar-refractivity contribution in [2.45, 2.75) is 32.7 Å². The number of rotatable bonds is 4. The van der Waals surface area contributed by atoms with Crippen LogP contribution < -0.4 is 14.8 Å². The van der Waals surface area contributed by atoms with E-state index >= 15 is 0 Å². The minimum atomic E-state index is -0.446. The second-order valence-corrected chi connectivity index (χ2v) is 7.79. The number of hydrogen-bond acceptors (Lipinski definition) is 7. The van der Waals surface area contributed by atoms with Crippen molar-refractivity contribution < 1.29 is 19.1 Å². The van der Waals surface area contributed by atoms with Gasteiger partial charge in [0.2, 0.25) is 23.7 Å². The average molecular weight is 388 g/mol. The van der Waals surface area contributed by atoms with E-state index in [1.807, 2.05) is 32.0 Å². The molecule has 1 N–H and O–H groups in total. The molecule has 2 aliphatic heterocycles. The second kappa shape index (κ2) is 7.15. The maximum Gasteiger partial charge on any atom is 0.249 e. The van der Waals surface area contributed by atoms with Gasteiger partial charge >= 0.3 is 0 Å². The van der Waals surface area contributed by atoms with Crippen LogP contribution in [0.1, 0.15) is 26.7 Å². The first-order chi connectivity index (χ1) is 13.0. The van der Waals surface area contributed by atoms with Gasteiger partial charge in [-0.2, -0.15) is 0 Å². The van der Waals surface area contributed by atoms with E-state index in [1.54, 1.807) is 4.90 Å². The molecule has 0 spiro atoms. The number of fused-ring (bicyclic) bond motifs is 1. The molecular weight excluding hydrogens is 368 g/mol. The highest BCUT2D eigenvalue weighted by Gasteiger charge is 2.35. The highest BCUT2D eigenvalue weighted by molar-refractivity contribution is 7.18. The first-order valence-electron chi connectivity index (χ1n) is 8.88. The molecule has 0 bridgehead atoms. The summed E-state index contributed by atoms with van der Waals surface area (Å²) in [6.45, 7) is 4.52. The van der Waals surface area contributed by atoms with Gasteiger partial charge in [-0.15, -0.1) is 10.2 Å². The molecule has 9 heteroatoms. The maximum atomic E-state index is 12.6. The summed E-state index contributed by atoms with van der Waals surface area (Å²) in [6.07, 6.45) is 1.49. The van der Waals surface area contributed by atoms with Gasteiger partial charge in [0.05, 0.1) is 0 Å². The van der Waals surface area contributed by atoms with Crippen molar-refractivity contribution in [2.75, 3.05) is 18.7 Å². The van der Waals surface area contributed by atoms with E-state index in [4.69, 9.17) is 9.47 Å². The van der Waals surface area contributed by atoms with Gasteiger partial charge in [0.15, 0.2) is 11.5 Å². The van der Waals surface area contributed by atoms with Gasteiger partial charge in [0.25, 0.3) is 0 Å². The molecule has 8 nitrogen and oxygen atoms in total. The number of anilines is 1. The number of nitrogens with zero attached hydrogens (tertiary/aromatic N) is 3. The van der Waals surface area contributed by atoms with Gasteiger partial charge < -0.3 is 14.4 Å². The van der Waals surface area contributed by atoms with Crippen molar-refractivity contribution in [1.29, 1.82) is 0 Å². The van der Waals surface area contributed by atoms with Crippen LogP contribution in [0.2, 0.25) is 0 Å². The fraction of sp³-hybridized carbons (Fsp3) is 0.444. The number of carbonyl (C=O) groups excluding carboxylic acids is 2. The Kier molecular flexibility index (Phi) is 4.69. The molecule has 2 aromatic rings. The molecule has 0 saturated carbocycles. The van der Waals surface area contributed by atoms with Crippen LogP contribution in [-0.2, 0) is 9.59 Å². The quantitative estimate of drug-likeness (QED) is 0.865. The van der Waals surface area contributed by atoms with Crippen LogP contribution in [0.15, 0.2) is 18.2 Å². The van der Waals surface area contributed by atoms with Crippen LogP contribution in [0.3, 0.4) is 0 Å². The molecule has 142 valence electrons. The van der Waals surface area contributed by atoms with Crippen molar-refractivity contribution in [3.8, 4) is 22.1 Å². The van der Waals surface area contributed by atoms with E-state index in [0.29, 0.717) is 34.6 Å². The minimum Gasteiger partial charge on any atom is -0.454 e. The Morgan fingerprint density at radius 1 is 1.26 bits per heavy atom. The Hall–Kier alpha value is -2.68. The van der Waals surface area contributed by atoms with Gasteiger partial charge in [-0.25, -0.2) is 0 Å². The fourth-order valence-electron chi connectivity index (χ4n) is 3.24. The molecule has 2 aliphatic rings. The number of benzene rings is 1. The number of hydrogen-bond donors (Lipinski definition) is 1. The molecule has 2 amide bonds. The van der Waals surface area contributed by atoms with Crippen molar-refractivity contribution in [2.24, 2.45) is 5.92 Å². The lowest BCUT2D eigenvalue weighted by molar-refractivity contribution is -0.139. The van der Waals surface area contributed by atoms with Gasteiger partial charge in [0.1, 0.15) is 11.0 Å². The van der Waals surface area contributed by atoms with Gasteiger partial charge in [-0.05, 0) is 31.0 Å².